The Hall–Kier alpha value is -2.02. The third-order valence-electron chi connectivity index (χ3n) is 1.59. The number of nitrogen functional groups attached to an aromatic ring is 1. The van der Waals surface area contributed by atoms with Crippen LogP contribution in [0.5, 0.6) is 0 Å². The molecule has 14 heavy (non-hydrogen) atoms. The van der Waals surface area contributed by atoms with Gasteiger partial charge < -0.3 is 10.5 Å². The summed E-state index contributed by atoms with van der Waals surface area (Å²) in [6.45, 7) is 1.78. The molecule has 0 amide bonds. The largest absolute Gasteiger partial charge is 0.459 e. The lowest BCUT2D eigenvalue weighted by molar-refractivity contribution is -0.133. The molecule has 0 aliphatic rings. The highest BCUT2D eigenvalue weighted by molar-refractivity contribution is 5.89. The highest BCUT2D eigenvalue weighted by Gasteiger charge is 1.97. The quantitative estimate of drug-likeness (QED) is 0.478. The summed E-state index contributed by atoms with van der Waals surface area (Å²) < 4.78 is 4.38. The Morgan fingerprint density at radius 2 is 2.29 bits per heavy atom. The maximum atomic E-state index is 10.7. The molecule has 4 nitrogen and oxygen atoms in total. The standard InChI is InChI=1S/C10H10N2O2/c1-7-8(3-5-9(11)12-7)4-6-10(13)14-2/h3,5H,1-2H3,(H2,11,12). The molecule has 0 aliphatic carbocycles. The zero-order chi connectivity index (χ0) is 10.6. The van der Waals surface area contributed by atoms with Gasteiger partial charge in [0.2, 0.25) is 0 Å². The van der Waals surface area contributed by atoms with E-state index in [4.69, 9.17) is 5.73 Å². The summed E-state index contributed by atoms with van der Waals surface area (Å²) in [5.74, 6) is 4.83. The van der Waals surface area contributed by atoms with Crippen molar-refractivity contribution in [2.45, 2.75) is 6.92 Å². The van der Waals surface area contributed by atoms with Crippen LogP contribution in [0.4, 0.5) is 5.82 Å². The van der Waals surface area contributed by atoms with E-state index in [-0.39, 0.29) is 0 Å². The molecule has 0 unspecified atom stereocenters. The first-order valence-electron chi connectivity index (χ1n) is 3.96. The number of nitrogens with zero attached hydrogens (tertiary/aromatic N) is 1. The van der Waals surface area contributed by atoms with Crippen LogP contribution in [0.1, 0.15) is 11.3 Å². The lowest BCUT2D eigenvalue weighted by atomic mass is 10.2. The molecular weight excluding hydrogens is 180 g/mol. The van der Waals surface area contributed by atoms with Gasteiger partial charge in [-0.25, -0.2) is 9.78 Å². The van der Waals surface area contributed by atoms with E-state index < -0.39 is 5.97 Å². The second kappa shape index (κ2) is 4.28. The number of hydrogen-bond donors (Lipinski definition) is 1. The molecule has 72 valence electrons. The zero-order valence-electron chi connectivity index (χ0n) is 8.00. The average Bonchev–Trinajstić information content (AvgIpc) is 2.16. The minimum absolute atomic E-state index is 0.436. The van der Waals surface area contributed by atoms with E-state index >= 15 is 0 Å². The van der Waals surface area contributed by atoms with Gasteiger partial charge in [0.1, 0.15) is 5.82 Å². The zero-order valence-corrected chi connectivity index (χ0v) is 8.00. The summed E-state index contributed by atoms with van der Waals surface area (Å²) in [7, 11) is 1.28. The Morgan fingerprint density at radius 1 is 1.57 bits per heavy atom. The molecule has 1 heterocycles. The highest BCUT2D eigenvalue weighted by Crippen LogP contribution is 2.05. The van der Waals surface area contributed by atoms with Gasteiger partial charge in [-0.15, -0.1) is 0 Å². The van der Waals surface area contributed by atoms with Crippen LogP contribution in [0.15, 0.2) is 12.1 Å². The Bertz CT molecular complexity index is 416. The summed E-state index contributed by atoms with van der Waals surface area (Å²) in [5.41, 5.74) is 6.83. The van der Waals surface area contributed by atoms with E-state index in [9.17, 15) is 4.79 Å². The van der Waals surface area contributed by atoms with Crippen molar-refractivity contribution >= 4 is 11.8 Å². The van der Waals surface area contributed by atoms with Crippen molar-refractivity contribution < 1.29 is 9.53 Å². The monoisotopic (exact) mass is 190 g/mol. The van der Waals surface area contributed by atoms with E-state index in [0.29, 0.717) is 17.1 Å². The first kappa shape index (κ1) is 10.1. The molecule has 0 spiro atoms. The third-order valence-corrected chi connectivity index (χ3v) is 1.59. The fraction of sp³-hybridized carbons (Fsp3) is 0.200. The number of rotatable bonds is 0. The molecule has 0 aromatic carbocycles. The van der Waals surface area contributed by atoms with Crippen LogP contribution >= 0.6 is 0 Å². The van der Waals surface area contributed by atoms with Gasteiger partial charge in [-0.3, -0.25) is 0 Å². The number of carbonyl (C=O) groups is 1. The van der Waals surface area contributed by atoms with Gasteiger partial charge in [-0.2, -0.15) is 0 Å². The number of nitrogens with two attached hydrogens (primary N) is 1. The number of aryl methyl sites for hydroxylation is 1. The first-order valence-corrected chi connectivity index (χ1v) is 3.96. The number of anilines is 1. The molecule has 2 N–H and O–H groups in total. The van der Waals surface area contributed by atoms with Crippen molar-refractivity contribution in [2.75, 3.05) is 12.8 Å². The van der Waals surface area contributed by atoms with Crippen molar-refractivity contribution in [1.29, 1.82) is 0 Å². The van der Waals surface area contributed by atoms with Gasteiger partial charge in [-0.05, 0) is 19.1 Å². The van der Waals surface area contributed by atoms with Crippen molar-refractivity contribution in [3.05, 3.63) is 23.4 Å². The molecule has 0 saturated heterocycles. The Morgan fingerprint density at radius 3 is 2.86 bits per heavy atom. The van der Waals surface area contributed by atoms with E-state index in [1.54, 1.807) is 19.1 Å². The van der Waals surface area contributed by atoms with Crippen molar-refractivity contribution in [3.63, 3.8) is 0 Å². The fourth-order valence-electron chi connectivity index (χ4n) is 0.882. The summed E-state index contributed by atoms with van der Waals surface area (Å²) in [5, 5.41) is 0. The molecule has 0 aliphatic heterocycles. The van der Waals surface area contributed by atoms with Gasteiger partial charge in [-0.1, -0.05) is 5.92 Å². The third kappa shape index (κ3) is 2.49. The van der Waals surface area contributed by atoms with Gasteiger partial charge in [0, 0.05) is 11.5 Å². The van der Waals surface area contributed by atoms with E-state index in [1.807, 2.05) is 0 Å². The number of esters is 1. The molecule has 4 heteroatoms. The topological polar surface area (TPSA) is 65.2 Å². The molecule has 0 radical (unpaired) electrons. The number of hydrogen-bond acceptors (Lipinski definition) is 4. The van der Waals surface area contributed by atoms with E-state index in [0.717, 1.165) is 0 Å². The van der Waals surface area contributed by atoms with Crippen LogP contribution in [0, 0.1) is 18.8 Å². The lowest BCUT2D eigenvalue weighted by Crippen LogP contribution is -1.97. The van der Waals surface area contributed by atoms with Crippen LogP contribution in [0.25, 0.3) is 0 Å². The number of carbonyl (C=O) groups excluding carboxylic acids is 1. The second-order valence-electron chi connectivity index (χ2n) is 2.61. The second-order valence-corrected chi connectivity index (χ2v) is 2.61. The maximum Gasteiger partial charge on any atom is 0.384 e. The van der Waals surface area contributed by atoms with Crippen molar-refractivity contribution in [3.8, 4) is 11.8 Å². The van der Waals surface area contributed by atoms with Crippen LogP contribution in [0.2, 0.25) is 0 Å². The van der Waals surface area contributed by atoms with E-state index in [1.165, 1.54) is 7.11 Å². The van der Waals surface area contributed by atoms with Crippen LogP contribution in [0.3, 0.4) is 0 Å². The van der Waals surface area contributed by atoms with Crippen LogP contribution < -0.4 is 5.73 Å². The van der Waals surface area contributed by atoms with Crippen molar-refractivity contribution in [1.82, 2.24) is 4.98 Å². The molecule has 1 aromatic heterocycles. The summed E-state index contributed by atoms with van der Waals surface area (Å²) in [6.07, 6.45) is 0. The Kier molecular flexibility index (Phi) is 3.08. The number of methoxy groups -OCH3 is 1. The lowest BCUT2D eigenvalue weighted by Gasteiger charge is -1.97. The smallest absolute Gasteiger partial charge is 0.384 e. The van der Waals surface area contributed by atoms with E-state index in [2.05, 4.69) is 21.6 Å². The van der Waals surface area contributed by atoms with Gasteiger partial charge in [0.15, 0.2) is 0 Å². The number of aromatic nitrogens is 1. The summed E-state index contributed by atoms with van der Waals surface area (Å²) >= 11 is 0. The summed E-state index contributed by atoms with van der Waals surface area (Å²) in [4.78, 5) is 14.7. The van der Waals surface area contributed by atoms with Gasteiger partial charge in [0.25, 0.3) is 0 Å². The molecule has 1 aromatic rings. The maximum absolute atomic E-state index is 10.7. The SMILES string of the molecule is COC(=O)C#Cc1ccc(N)nc1C. The number of pyridine rings is 1. The predicted octanol–water partition coefficient (Wildman–Crippen LogP) is 0.497. The fourth-order valence-corrected chi connectivity index (χ4v) is 0.882. The highest BCUT2D eigenvalue weighted by atomic mass is 16.5. The predicted molar refractivity (Wildman–Crippen MR) is 52.3 cm³/mol. The first-order chi connectivity index (χ1) is 6.63. The Labute approximate surface area is 82.1 Å². The minimum Gasteiger partial charge on any atom is -0.459 e. The summed E-state index contributed by atoms with van der Waals surface area (Å²) in [6, 6.07) is 3.35. The van der Waals surface area contributed by atoms with Crippen molar-refractivity contribution in [2.24, 2.45) is 0 Å². The van der Waals surface area contributed by atoms with Gasteiger partial charge >= 0.3 is 5.97 Å². The molecule has 0 saturated carbocycles. The van der Waals surface area contributed by atoms with Gasteiger partial charge in [0.05, 0.1) is 12.8 Å². The molecule has 1 rings (SSSR count). The Balaban J connectivity index is 2.96. The average molecular weight is 190 g/mol. The minimum atomic E-state index is -0.568. The van der Waals surface area contributed by atoms with Crippen LogP contribution in [-0.2, 0) is 9.53 Å². The normalized spacial score (nSPS) is 8.71. The molecule has 0 atom stereocenters. The molecule has 0 bridgehead atoms. The molecule has 0 fully saturated rings. The van der Waals surface area contributed by atoms with Crippen LogP contribution in [-0.4, -0.2) is 18.1 Å². The molecular formula is C10H10N2O2. The number of ether oxygens (including phenoxy) is 1.